The van der Waals surface area contributed by atoms with Crippen molar-refractivity contribution in [2.45, 2.75) is 64.7 Å². The van der Waals surface area contributed by atoms with Gasteiger partial charge >= 0.3 is 0 Å². The van der Waals surface area contributed by atoms with Gasteiger partial charge in [-0.3, -0.25) is 0 Å². The summed E-state index contributed by atoms with van der Waals surface area (Å²) in [5.41, 5.74) is 19.5. The number of rotatable bonds is 5. The largest absolute Gasteiger partial charge is 0.311 e. The predicted molar refractivity (Wildman–Crippen MR) is 282 cm³/mol. The molecule has 0 unspecified atom stereocenters. The summed E-state index contributed by atoms with van der Waals surface area (Å²) in [5.74, 6) is 0. The third-order valence-electron chi connectivity index (χ3n) is 15.3. The standard InChI is InChI=1S/C60H56N2Si2/c1-39(35-47-40(2)44-33-30-42(37-49(44)59(47,3)4)61-51-19-11-15-23-55(51)63(7,8)56-24-16-12-20-52(56)61)27-28-41-29-32-45-46-34-31-43(38-50(46)60(5,6)48(45)36-41)62-53-21-13-17-25-57(53)64(9,10)58-26-18-14-22-54(58)62/h11-38H,1-2H2,3-10H3. The molecule has 64 heavy (non-hydrogen) atoms. The lowest BCUT2D eigenvalue weighted by molar-refractivity contribution is 0.660. The second-order valence-corrected chi connectivity index (χ2v) is 29.1. The summed E-state index contributed by atoms with van der Waals surface area (Å²) in [6.45, 7) is 28.6. The molecule has 0 fully saturated rings. The highest BCUT2D eigenvalue weighted by Gasteiger charge is 2.43. The zero-order valence-electron chi connectivity index (χ0n) is 38.5. The molecule has 0 amide bonds. The number of benzene rings is 7. The number of nitrogens with zero attached hydrogens (tertiary/aromatic N) is 2. The Balaban J connectivity index is 0.878. The maximum Gasteiger partial charge on any atom is 0.117 e. The summed E-state index contributed by atoms with van der Waals surface area (Å²) in [6, 6.07) is 57.2. The van der Waals surface area contributed by atoms with E-state index >= 15 is 0 Å². The molecule has 0 spiro atoms. The highest BCUT2D eigenvalue weighted by atomic mass is 28.3. The Morgan fingerprint density at radius 2 is 0.875 bits per heavy atom. The van der Waals surface area contributed by atoms with E-state index in [1.807, 2.05) is 0 Å². The molecule has 314 valence electrons. The third-order valence-corrected chi connectivity index (χ3v) is 22.4. The number of fused-ring (bicyclic) bond motifs is 8. The summed E-state index contributed by atoms with van der Waals surface area (Å²) in [7, 11) is -3.73. The van der Waals surface area contributed by atoms with Gasteiger partial charge in [-0.05, 0) is 125 Å². The summed E-state index contributed by atoms with van der Waals surface area (Å²) in [4.78, 5) is 4.98. The minimum absolute atomic E-state index is 0.168. The van der Waals surface area contributed by atoms with E-state index in [2.05, 4.69) is 247 Å². The van der Waals surface area contributed by atoms with E-state index in [1.54, 1.807) is 0 Å². The minimum Gasteiger partial charge on any atom is -0.311 e. The van der Waals surface area contributed by atoms with Gasteiger partial charge in [0.15, 0.2) is 0 Å². The fraction of sp³-hybridized carbons (Fsp3) is 0.167. The van der Waals surface area contributed by atoms with Gasteiger partial charge < -0.3 is 9.80 Å². The van der Waals surface area contributed by atoms with Crippen molar-refractivity contribution in [3.05, 3.63) is 216 Å². The molecule has 7 aromatic carbocycles. The lowest BCUT2D eigenvalue weighted by Gasteiger charge is -2.41. The molecule has 0 N–H and O–H groups in total. The molecule has 2 aliphatic carbocycles. The Morgan fingerprint density at radius 1 is 0.484 bits per heavy atom. The first-order chi connectivity index (χ1) is 30.6. The maximum atomic E-state index is 4.67. The van der Waals surface area contributed by atoms with Crippen LogP contribution in [-0.2, 0) is 10.8 Å². The molecule has 2 nitrogen and oxygen atoms in total. The van der Waals surface area contributed by atoms with E-state index in [-0.39, 0.29) is 10.8 Å². The van der Waals surface area contributed by atoms with E-state index in [1.165, 1.54) is 99.4 Å². The van der Waals surface area contributed by atoms with Crippen LogP contribution in [0, 0.1) is 0 Å². The maximum absolute atomic E-state index is 4.67. The molecule has 0 bridgehead atoms. The van der Waals surface area contributed by atoms with Gasteiger partial charge in [0.1, 0.15) is 16.1 Å². The predicted octanol–water partition coefficient (Wildman–Crippen LogP) is 13.7. The van der Waals surface area contributed by atoms with Crippen molar-refractivity contribution in [1.29, 1.82) is 0 Å². The van der Waals surface area contributed by atoms with Crippen molar-refractivity contribution >= 4 is 82.7 Å². The number of hydrogen-bond donors (Lipinski definition) is 0. The summed E-state index contributed by atoms with van der Waals surface area (Å²) in [5, 5.41) is 5.93. The molecular formula is C60H56N2Si2. The first-order valence-corrected chi connectivity index (χ1v) is 28.8. The van der Waals surface area contributed by atoms with E-state index in [0.717, 1.165) is 11.1 Å². The quantitative estimate of drug-likeness (QED) is 0.126. The van der Waals surface area contributed by atoms with Gasteiger partial charge in [0.25, 0.3) is 0 Å². The van der Waals surface area contributed by atoms with Crippen molar-refractivity contribution < 1.29 is 0 Å². The number of anilines is 6. The minimum atomic E-state index is -1.87. The number of para-hydroxylation sites is 4. The first kappa shape index (κ1) is 40.3. The van der Waals surface area contributed by atoms with Crippen LogP contribution in [0.5, 0.6) is 0 Å². The van der Waals surface area contributed by atoms with Crippen LogP contribution in [-0.4, -0.2) is 16.1 Å². The molecule has 0 radical (unpaired) electrons. The van der Waals surface area contributed by atoms with Crippen LogP contribution >= 0.6 is 0 Å². The molecule has 0 saturated heterocycles. The highest BCUT2D eigenvalue weighted by molar-refractivity contribution is 7.03. The molecule has 4 aliphatic rings. The van der Waals surface area contributed by atoms with Crippen LogP contribution in [0.25, 0.3) is 22.8 Å². The summed E-state index contributed by atoms with van der Waals surface area (Å²) >= 11 is 0. The second kappa shape index (κ2) is 14.0. The summed E-state index contributed by atoms with van der Waals surface area (Å²) < 4.78 is 0. The fourth-order valence-corrected chi connectivity index (χ4v) is 17.7. The van der Waals surface area contributed by atoms with Crippen molar-refractivity contribution in [3.8, 4) is 11.1 Å². The Labute approximate surface area is 382 Å². The lowest BCUT2D eigenvalue weighted by atomic mass is 9.81. The highest BCUT2D eigenvalue weighted by Crippen LogP contribution is 2.53. The Hall–Kier alpha value is -6.47. The van der Waals surface area contributed by atoms with Crippen molar-refractivity contribution in [2.75, 3.05) is 9.80 Å². The van der Waals surface area contributed by atoms with E-state index in [0.29, 0.717) is 0 Å². The Bertz CT molecular complexity index is 3130. The van der Waals surface area contributed by atoms with Crippen LogP contribution in [0.4, 0.5) is 34.1 Å². The average Bonchev–Trinajstić information content (AvgIpc) is 3.63. The van der Waals surface area contributed by atoms with Gasteiger partial charge in [0.05, 0.1) is 0 Å². The average molecular weight is 861 g/mol. The van der Waals surface area contributed by atoms with E-state index < -0.39 is 16.1 Å². The van der Waals surface area contributed by atoms with Crippen LogP contribution in [0.1, 0.15) is 55.5 Å². The van der Waals surface area contributed by atoms with E-state index in [9.17, 15) is 0 Å². The zero-order valence-corrected chi connectivity index (χ0v) is 40.5. The summed E-state index contributed by atoms with van der Waals surface area (Å²) in [6.07, 6.45) is 6.65. The third kappa shape index (κ3) is 5.75. The molecule has 2 heterocycles. The Kier molecular flexibility index (Phi) is 8.83. The first-order valence-electron chi connectivity index (χ1n) is 22.8. The molecular weight excluding hydrogens is 805 g/mol. The van der Waals surface area contributed by atoms with Gasteiger partial charge in [0.2, 0.25) is 0 Å². The molecule has 0 atom stereocenters. The zero-order chi connectivity index (χ0) is 44.5. The topological polar surface area (TPSA) is 6.48 Å². The monoisotopic (exact) mass is 860 g/mol. The smallest absolute Gasteiger partial charge is 0.117 e. The normalized spacial score (nSPS) is 18.2. The number of hydrogen-bond acceptors (Lipinski definition) is 2. The molecule has 2 aliphatic heterocycles. The second-order valence-electron chi connectivity index (χ2n) is 20.4. The van der Waals surface area contributed by atoms with Gasteiger partial charge in [-0.15, -0.1) is 0 Å². The molecule has 0 saturated carbocycles. The molecule has 7 aromatic rings. The molecule has 11 rings (SSSR count). The SMILES string of the molecule is C=C(C=Cc1ccc2c(c1)C(C)(C)c1cc(N3c4ccccc4[Si](C)(C)c4ccccc43)ccc1-2)C=C1C(=C)c2ccc(N3c4ccccc4[Si](C)(C)c4ccccc43)cc2C1(C)C. The van der Waals surface area contributed by atoms with E-state index in [4.69, 9.17) is 0 Å². The van der Waals surface area contributed by atoms with Gasteiger partial charge in [-0.25, -0.2) is 0 Å². The van der Waals surface area contributed by atoms with Crippen molar-refractivity contribution in [1.82, 2.24) is 0 Å². The van der Waals surface area contributed by atoms with Crippen LogP contribution < -0.4 is 30.5 Å². The Morgan fingerprint density at radius 3 is 1.34 bits per heavy atom. The molecule has 0 aromatic heterocycles. The van der Waals surface area contributed by atoms with Gasteiger partial charge in [-0.1, -0.05) is 188 Å². The van der Waals surface area contributed by atoms with Crippen LogP contribution in [0.3, 0.4) is 0 Å². The fourth-order valence-electron chi connectivity index (χ4n) is 11.7. The van der Waals surface area contributed by atoms with Crippen LogP contribution in [0.2, 0.25) is 26.2 Å². The van der Waals surface area contributed by atoms with Crippen LogP contribution in [0.15, 0.2) is 188 Å². The van der Waals surface area contributed by atoms with Crippen molar-refractivity contribution in [2.24, 2.45) is 0 Å². The lowest BCUT2D eigenvalue weighted by Crippen LogP contribution is -2.58. The van der Waals surface area contributed by atoms with Crippen molar-refractivity contribution in [3.63, 3.8) is 0 Å². The number of allylic oxidation sites excluding steroid dienone is 5. The molecule has 4 heteroatoms. The van der Waals surface area contributed by atoms with Gasteiger partial charge in [-0.2, -0.15) is 0 Å². The van der Waals surface area contributed by atoms with Gasteiger partial charge in [0, 0.05) is 45.0 Å².